The van der Waals surface area contributed by atoms with E-state index in [2.05, 4.69) is 29.4 Å². The Kier molecular flexibility index (Phi) is 6.90. The lowest BCUT2D eigenvalue weighted by molar-refractivity contribution is 0.602. The molecule has 0 aliphatic heterocycles. The molecule has 5 aromatic rings. The molecule has 5 nitrogen and oxygen atoms in total. The van der Waals surface area contributed by atoms with Crippen LogP contribution in [0.5, 0.6) is 0 Å². The predicted octanol–water partition coefficient (Wildman–Crippen LogP) is 6.99. The summed E-state index contributed by atoms with van der Waals surface area (Å²) in [7, 11) is 3.90. The number of benzene rings is 4. The van der Waals surface area contributed by atoms with Gasteiger partial charge in [0.1, 0.15) is 11.3 Å². The SMILES string of the molecule is CN(/N=C/c1ccc2oc(/C(Cc3ccccc3)=N/N(C)c3ccccc3)cc2c1)c1ccccc1. The minimum absolute atomic E-state index is 0.661. The van der Waals surface area contributed by atoms with E-state index in [4.69, 9.17) is 9.52 Å². The van der Waals surface area contributed by atoms with Crippen LogP contribution < -0.4 is 10.0 Å². The highest BCUT2D eigenvalue weighted by molar-refractivity contribution is 6.03. The second kappa shape index (κ2) is 10.7. The first-order chi connectivity index (χ1) is 17.7. The van der Waals surface area contributed by atoms with Crippen molar-refractivity contribution in [1.82, 2.24) is 0 Å². The molecule has 0 radical (unpaired) electrons. The van der Waals surface area contributed by atoms with Gasteiger partial charge in [0.15, 0.2) is 5.76 Å². The molecule has 0 bridgehead atoms. The average Bonchev–Trinajstić information content (AvgIpc) is 3.36. The predicted molar refractivity (Wildman–Crippen MR) is 150 cm³/mol. The van der Waals surface area contributed by atoms with Gasteiger partial charge in [-0.3, -0.25) is 10.0 Å². The van der Waals surface area contributed by atoms with Gasteiger partial charge in [-0.1, -0.05) is 66.7 Å². The minimum atomic E-state index is 0.661. The van der Waals surface area contributed by atoms with E-state index in [0.29, 0.717) is 6.42 Å². The van der Waals surface area contributed by atoms with Gasteiger partial charge in [0.25, 0.3) is 0 Å². The molecule has 0 N–H and O–H groups in total. The van der Waals surface area contributed by atoms with Gasteiger partial charge in [0.2, 0.25) is 0 Å². The molecule has 5 heteroatoms. The van der Waals surface area contributed by atoms with Gasteiger partial charge in [0.05, 0.1) is 17.6 Å². The maximum absolute atomic E-state index is 6.28. The zero-order chi connectivity index (χ0) is 24.7. The summed E-state index contributed by atoms with van der Waals surface area (Å²) in [6.07, 6.45) is 2.52. The van der Waals surface area contributed by atoms with Crippen LogP contribution in [0.2, 0.25) is 0 Å². The number of nitrogens with zero attached hydrogens (tertiary/aromatic N) is 4. The summed E-state index contributed by atoms with van der Waals surface area (Å²) in [5, 5.41) is 14.3. The molecule has 0 atom stereocenters. The van der Waals surface area contributed by atoms with E-state index in [9.17, 15) is 0 Å². The maximum atomic E-state index is 6.28. The van der Waals surface area contributed by atoms with Crippen molar-refractivity contribution in [2.45, 2.75) is 6.42 Å². The molecule has 1 aromatic heterocycles. The molecule has 4 aromatic carbocycles. The highest BCUT2D eigenvalue weighted by atomic mass is 16.3. The summed E-state index contributed by atoms with van der Waals surface area (Å²) in [5.74, 6) is 0.757. The summed E-state index contributed by atoms with van der Waals surface area (Å²) in [6, 6.07) is 38.7. The Labute approximate surface area is 211 Å². The van der Waals surface area contributed by atoms with E-state index in [1.165, 1.54) is 5.56 Å². The van der Waals surface area contributed by atoms with Crippen LogP contribution in [0, 0.1) is 0 Å². The van der Waals surface area contributed by atoms with Crippen LogP contribution >= 0.6 is 0 Å². The molecule has 0 spiro atoms. The number of fused-ring (bicyclic) bond motifs is 1. The Morgan fingerprint density at radius 2 is 1.33 bits per heavy atom. The molecular formula is C31H28N4O. The first kappa shape index (κ1) is 23.1. The third-order valence-electron chi connectivity index (χ3n) is 5.95. The highest BCUT2D eigenvalue weighted by Gasteiger charge is 2.14. The molecule has 1 heterocycles. The van der Waals surface area contributed by atoms with Gasteiger partial charge in [-0.05, 0) is 59.7 Å². The van der Waals surface area contributed by atoms with Crippen LogP contribution in [0.1, 0.15) is 16.9 Å². The smallest absolute Gasteiger partial charge is 0.151 e. The molecule has 0 saturated carbocycles. The molecule has 0 unspecified atom stereocenters. The van der Waals surface area contributed by atoms with E-state index in [1.807, 2.05) is 121 Å². The van der Waals surface area contributed by atoms with E-state index in [1.54, 1.807) is 0 Å². The fourth-order valence-corrected chi connectivity index (χ4v) is 3.99. The van der Waals surface area contributed by atoms with Crippen LogP contribution in [0.3, 0.4) is 0 Å². The van der Waals surface area contributed by atoms with E-state index in [0.717, 1.165) is 39.4 Å². The lowest BCUT2D eigenvalue weighted by Gasteiger charge is -2.15. The number of hydrazone groups is 2. The van der Waals surface area contributed by atoms with Crippen molar-refractivity contribution in [3.05, 3.63) is 132 Å². The van der Waals surface area contributed by atoms with Gasteiger partial charge < -0.3 is 4.42 Å². The lowest BCUT2D eigenvalue weighted by Crippen LogP contribution is -2.15. The van der Waals surface area contributed by atoms with Crippen molar-refractivity contribution < 1.29 is 4.42 Å². The zero-order valence-electron chi connectivity index (χ0n) is 20.5. The summed E-state index contributed by atoms with van der Waals surface area (Å²) in [4.78, 5) is 0. The molecule has 0 fully saturated rings. The van der Waals surface area contributed by atoms with Crippen molar-refractivity contribution >= 4 is 34.3 Å². The normalized spacial score (nSPS) is 11.8. The van der Waals surface area contributed by atoms with E-state index < -0.39 is 0 Å². The molecular weight excluding hydrogens is 444 g/mol. The number of furan rings is 1. The summed E-state index contributed by atoms with van der Waals surface area (Å²) >= 11 is 0. The average molecular weight is 473 g/mol. The van der Waals surface area contributed by atoms with Gasteiger partial charge >= 0.3 is 0 Å². The number of hydrogen-bond donors (Lipinski definition) is 0. The number of hydrogen-bond acceptors (Lipinski definition) is 5. The largest absolute Gasteiger partial charge is 0.455 e. The van der Waals surface area contributed by atoms with Crippen LogP contribution in [0.15, 0.2) is 130 Å². The first-order valence-corrected chi connectivity index (χ1v) is 11.9. The maximum Gasteiger partial charge on any atom is 0.151 e. The fraction of sp³-hybridized carbons (Fsp3) is 0.0968. The molecule has 5 rings (SSSR count). The first-order valence-electron chi connectivity index (χ1n) is 11.9. The number of rotatable bonds is 8. The van der Waals surface area contributed by atoms with Crippen LogP contribution in [0.25, 0.3) is 11.0 Å². The Bertz CT molecular complexity index is 1470. The number of anilines is 2. The second-order valence-corrected chi connectivity index (χ2v) is 8.58. The van der Waals surface area contributed by atoms with Gasteiger partial charge in [-0.25, -0.2) is 0 Å². The Morgan fingerprint density at radius 3 is 2.00 bits per heavy atom. The second-order valence-electron chi connectivity index (χ2n) is 8.58. The Hall–Kier alpha value is -4.64. The quantitative estimate of drug-likeness (QED) is 0.181. The lowest BCUT2D eigenvalue weighted by atomic mass is 10.1. The molecule has 36 heavy (non-hydrogen) atoms. The standard InChI is InChI=1S/C31H28N4O/c1-34(27-14-8-4-9-15-27)32-23-25-18-19-30-26(20-25)22-31(36-30)29(21-24-12-6-3-7-13-24)33-35(2)28-16-10-5-11-17-28/h3-20,22-23H,21H2,1-2H3/b32-23+,33-29+. The summed E-state index contributed by atoms with van der Waals surface area (Å²) in [5.41, 5.74) is 5.91. The van der Waals surface area contributed by atoms with E-state index >= 15 is 0 Å². The zero-order valence-corrected chi connectivity index (χ0v) is 20.5. The fourth-order valence-electron chi connectivity index (χ4n) is 3.99. The van der Waals surface area contributed by atoms with Crippen LogP contribution in [-0.4, -0.2) is 26.0 Å². The van der Waals surface area contributed by atoms with Crippen molar-refractivity contribution in [2.75, 3.05) is 24.1 Å². The Morgan fingerprint density at radius 1 is 0.722 bits per heavy atom. The number of para-hydroxylation sites is 2. The van der Waals surface area contributed by atoms with Crippen molar-refractivity contribution in [2.24, 2.45) is 10.2 Å². The van der Waals surface area contributed by atoms with Gasteiger partial charge in [-0.2, -0.15) is 10.2 Å². The van der Waals surface area contributed by atoms with Crippen molar-refractivity contribution in [3.63, 3.8) is 0 Å². The van der Waals surface area contributed by atoms with Crippen LogP contribution in [0.4, 0.5) is 11.4 Å². The van der Waals surface area contributed by atoms with E-state index in [-0.39, 0.29) is 0 Å². The third kappa shape index (κ3) is 5.53. The molecule has 0 saturated heterocycles. The molecule has 0 aliphatic carbocycles. The molecule has 178 valence electrons. The third-order valence-corrected chi connectivity index (χ3v) is 5.95. The molecule has 0 amide bonds. The van der Waals surface area contributed by atoms with Crippen molar-refractivity contribution in [3.8, 4) is 0 Å². The molecule has 0 aliphatic rings. The van der Waals surface area contributed by atoms with Crippen LogP contribution in [-0.2, 0) is 6.42 Å². The summed E-state index contributed by atoms with van der Waals surface area (Å²) < 4.78 is 6.28. The van der Waals surface area contributed by atoms with Gasteiger partial charge in [0, 0.05) is 25.9 Å². The topological polar surface area (TPSA) is 44.3 Å². The minimum Gasteiger partial charge on any atom is -0.455 e. The monoisotopic (exact) mass is 472 g/mol. The van der Waals surface area contributed by atoms with Crippen molar-refractivity contribution in [1.29, 1.82) is 0 Å². The highest BCUT2D eigenvalue weighted by Crippen LogP contribution is 2.23. The summed E-state index contributed by atoms with van der Waals surface area (Å²) in [6.45, 7) is 0. The van der Waals surface area contributed by atoms with Gasteiger partial charge in [-0.15, -0.1) is 0 Å². The Balaban J connectivity index is 1.45.